The third kappa shape index (κ3) is 3.28. The number of nitrogens with two attached hydrogens (primary N) is 1. The van der Waals surface area contributed by atoms with E-state index < -0.39 is 0 Å². The number of thiocarbonyl (C=S) groups is 1. The van der Waals surface area contributed by atoms with Crippen molar-refractivity contribution < 1.29 is 4.39 Å². The molecule has 1 aromatic rings. The summed E-state index contributed by atoms with van der Waals surface area (Å²) in [6, 6.07) is 5.94. The van der Waals surface area contributed by atoms with Crippen molar-refractivity contribution in [2.24, 2.45) is 10.8 Å². The number of nitrogens with zero attached hydrogens (tertiary/aromatic N) is 2. The van der Waals surface area contributed by atoms with Crippen LogP contribution >= 0.6 is 12.2 Å². The second-order valence-corrected chi connectivity index (χ2v) is 3.60. The molecule has 5 heteroatoms. The van der Waals surface area contributed by atoms with Gasteiger partial charge < -0.3 is 5.73 Å². The standard InChI is InChI=1S/C10H12FN3S/c1-7(2)13-14(10(12)15)9-5-3-4-8(11)6-9/h3-6H,1-2H3,(H2,12,15). The molecule has 0 amide bonds. The molecule has 0 saturated heterocycles. The van der Waals surface area contributed by atoms with E-state index in [0.29, 0.717) is 5.69 Å². The molecule has 0 heterocycles. The first-order valence-electron chi connectivity index (χ1n) is 4.37. The summed E-state index contributed by atoms with van der Waals surface area (Å²) in [5.74, 6) is -0.349. The second-order valence-electron chi connectivity index (χ2n) is 3.18. The quantitative estimate of drug-likeness (QED) is 0.477. The number of hydrogen-bond acceptors (Lipinski definition) is 2. The summed E-state index contributed by atoms with van der Waals surface area (Å²) in [7, 11) is 0. The number of hydrogen-bond donors (Lipinski definition) is 1. The summed E-state index contributed by atoms with van der Waals surface area (Å²) in [6.45, 7) is 3.62. The second kappa shape index (κ2) is 4.84. The fraction of sp³-hybridized carbons (Fsp3) is 0.200. The Morgan fingerprint density at radius 1 is 1.47 bits per heavy atom. The molecule has 15 heavy (non-hydrogen) atoms. The third-order valence-corrected chi connectivity index (χ3v) is 1.73. The zero-order chi connectivity index (χ0) is 11.4. The predicted octanol–water partition coefficient (Wildman–Crippen LogP) is 2.27. The van der Waals surface area contributed by atoms with Crippen LogP contribution in [-0.4, -0.2) is 10.8 Å². The number of hydrazone groups is 1. The first kappa shape index (κ1) is 11.6. The maximum atomic E-state index is 13.0. The van der Waals surface area contributed by atoms with Crippen LogP contribution in [0, 0.1) is 5.82 Å². The summed E-state index contributed by atoms with van der Waals surface area (Å²) >= 11 is 4.83. The van der Waals surface area contributed by atoms with Gasteiger partial charge >= 0.3 is 0 Å². The Morgan fingerprint density at radius 2 is 2.13 bits per heavy atom. The Morgan fingerprint density at radius 3 is 2.60 bits per heavy atom. The lowest BCUT2D eigenvalue weighted by atomic mass is 10.3. The Balaban J connectivity index is 3.10. The molecule has 80 valence electrons. The molecule has 0 aliphatic carbocycles. The molecular formula is C10H12FN3S. The van der Waals surface area contributed by atoms with Gasteiger partial charge in [-0.2, -0.15) is 5.10 Å². The zero-order valence-electron chi connectivity index (χ0n) is 8.57. The Hall–Kier alpha value is -1.49. The van der Waals surface area contributed by atoms with Crippen LogP contribution in [0.3, 0.4) is 0 Å². The SMILES string of the molecule is CC(C)=NN(C(N)=S)c1cccc(F)c1. The molecule has 1 rings (SSSR count). The molecule has 0 bridgehead atoms. The highest BCUT2D eigenvalue weighted by Crippen LogP contribution is 2.15. The highest BCUT2D eigenvalue weighted by molar-refractivity contribution is 7.80. The van der Waals surface area contributed by atoms with E-state index in [4.69, 9.17) is 18.0 Å². The van der Waals surface area contributed by atoms with Crippen LogP contribution in [0.5, 0.6) is 0 Å². The largest absolute Gasteiger partial charge is 0.374 e. The minimum absolute atomic E-state index is 0.0850. The van der Waals surface area contributed by atoms with Gasteiger partial charge in [0.2, 0.25) is 0 Å². The molecule has 0 unspecified atom stereocenters. The van der Waals surface area contributed by atoms with Gasteiger partial charge in [0, 0.05) is 5.71 Å². The first-order valence-corrected chi connectivity index (χ1v) is 4.78. The summed E-state index contributed by atoms with van der Waals surface area (Å²) in [5, 5.41) is 5.52. The lowest BCUT2D eigenvalue weighted by Crippen LogP contribution is -2.31. The lowest BCUT2D eigenvalue weighted by Gasteiger charge is -2.17. The van der Waals surface area contributed by atoms with Crippen LogP contribution in [0.25, 0.3) is 0 Å². The minimum Gasteiger partial charge on any atom is -0.374 e. The summed E-state index contributed by atoms with van der Waals surface area (Å²) < 4.78 is 13.0. The van der Waals surface area contributed by atoms with Crippen molar-refractivity contribution in [1.29, 1.82) is 0 Å². The number of benzene rings is 1. The Kier molecular flexibility index (Phi) is 3.74. The van der Waals surface area contributed by atoms with Crippen LogP contribution in [0.1, 0.15) is 13.8 Å². The monoisotopic (exact) mass is 225 g/mol. The van der Waals surface area contributed by atoms with Crippen molar-refractivity contribution in [3.8, 4) is 0 Å². The van der Waals surface area contributed by atoms with E-state index in [1.165, 1.54) is 17.1 Å². The van der Waals surface area contributed by atoms with Gasteiger partial charge in [-0.25, -0.2) is 9.40 Å². The van der Waals surface area contributed by atoms with E-state index in [1.807, 2.05) is 13.8 Å². The van der Waals surface area contributed by atoms with E-state index in [9.17, 15) is 4.39 Å². The molecule has 2 N–H and O–H groups in total. The molecule has 0 aromatic heterocycles. The highest BCUT2D eigenvalue weighted by Gasteiger charge is 2.08. The van der Waals surface area contributed by atoms with Gasteiger partial charge in [-0.3, -0.25) is 0 Å². The topological polar surface area (TPSA) is 41.6 Å². The van der Waals surface area contributed by atoms with E-state index >= 15 is 0 Å². The van der Waals surface area contributed by atoms with Crippen LogP contribution < -0.4 is 10.7 Å². The van der Waals surface area contributed by atoms with Crippen LogP contribution in [-0.2, 0) is 0 Å². The molecule has 0 aliphatic heterocycles. The lowest BCUT2D eigenvalue weighted by molar-refractivity contribution is 0.628. The molecule has 0 aliphatic rings. The maximum absolute atomic E-state index is 13.0. The number of halogens is 1. The van der Waals surface area contributed by atoms with Crippen molar-refractivity contribution in [1.82, 2.24) is 0 Å². The van der Waals surface area contributed by atoms with Crippen molar-refractivity contribution >= 4 is 28.7 Å². The Labute approximate surface area is 93.4 Å². The molecule has 0 saturated carbocycles. The molecule has 1 aromatic carbocycles. The van der Waals surface area contributed by atoms with Crippen molar-refractivity contribution in [2.75, 3.05) is 5.01 Å². The van der Waals surface area contributed by atoms with E-state index in [2.05, 4.69) is 5.10 Å². The molecule has 3 nitrogen and oxygen atoms in total. The van der Waals surface area contributed by atoms with Gasteiger partial charge in [0.05, 0.1) is 5.69 Å². The average Bonchev–Trinajstić information content (AvgIpc) is 2.13. The normalized spacial score (nSPS) is 9.53. The first-order chi connectivity index (χ1) is 7.00. The number of rotatable bonds is 2. The smallest absolute Gasteiger partial charge is 0.191 e. The highest BCUT2D eigenvalue weighted by atomic mass is 32.1. The predicted molar refractivity (Wildman–Crippen MR) is 64.4 cm³/mol. The van der Waals surface area contributed by atoms with Crippen molar-refractivity contribution in [3.63, 3.8) is 0 Å². The van der Waals surface area contributed by atoms with Gasteiger partial charge in [0.15, 0.2) is 5.11 Å². The van der Waals surface area contributed by atoms with E-state index in [-0.39, 0.29) is 10.9 Å². The van der Waals surface area contributed by atoms with Crippen LogP contribution in [0.15, 0.2) is 29.4 Å². The Bertz CT molecular complexity index is 399. The van der Waals surface area contributed by atoms with Crippen LogP contribution in [0.4, 0.5) is 10.1 Å². The van der Waals surface area contributed by atoms with Gasteiger partial charge in [0.1, 0.15) is 5.82 Å². The molecule has 0 radical (unpaired) electrons. The summed E-state index contributed by atoms with van der Waals surface area (Å²) in [5.41, 5.74) is 6.80. The molecular weight excluding hydrogens is 213 g/mol. The van der Waals surface area contributed by atoms with Gasteiger partial charge in [-0.05, 0) is 44.3 Å². The molecule has 0 atom stereocenters. The summed E-state index contributed by atoms with van der Waals surface area (Å²) in [6.07, 6.45) is 0. The van der Waals surface area contributed by atoms with Gasteiger partial charge in [0.25, 0.3) is 0 Å². The fourth-order valence-electron chi connectivity index (χ4n) is 1.04. The van der Waals surface area contributed by atoms with Crippen LogP contribution in [0.2, 0.25) is 0 Å². The van der Waals surface area contributed by atoms with Crippen molar-refractivity contribution in [3.05, 3.63) is 30.1 Å². The minimum atomic E-state index is -0.349. The van der Waals surface area contributed by atoms with E-state index in [1.54, 1.807) is 12.1 Å². The van der Waals surface area contributed by atoms with Crippen molar-refractivity contribution in [2.45, 2.75) is 13.8 Å². The van der Waals surface area contributed by atoms with E-state index in [0.717, 1.165) is 5.71 Å². The van der Waals surface area contributed by atoms with Gasteiger partial charge in [-0.15, -0.1) is 0 Å². The third-order valence-electron chi connectivity index (χ3n) is 1.56. The zero-order valence-corrected chi connectivity index (χ0v) is 9.38. The maximum Gasteiger partial charge on any atom is 0.191 e. The molecule has 0 fully saturated rings. The fourth-order valence-corrected chi connectivity index (χ4v) is 1.19. The van der Waals surface area contributed by atoms with Gasteiger partial charge in [-0.1, -0.05) is 6.07 Å². The number of anilines is 1. The summed E-state index contributed by atoms with van der Waals surface area (Å²) in [4.78, 5) is 0. The molecule has 0 spiro atoms. The average molecular weight is 225 g/mol.